The van der Waals surface area contributed by atoms with Crippen molar-refractivity contribution in [3.63, 3.8) is 0 Å². The third kappa shape index (κ3) is 2.74. The van der Waals surface area contributed by atoms with Gasteiger partial charge in [0.2, 0.25) is 5.91 Å². The largest absolute Gasteiger partial charge is 0.359 e. The fraction of sp³-hybridized carbons (Fsp3) is 0.727. The van der Waals surface area contributed by atoms with E-state index in [4.69, 9.17) is 0 Å². The van der Waals surface area contributed by atoms with E-state index in [9.17, 15) is 4.79 Å². The van der Waals surface area contributed by atoms with Gasteiger partial charge in [0.15, 0.2) is 0 Å². The Kier molecular flexibility index (Phi) is 4.48. The Morgan fingerprint density at radius 2 is 2.29 bits per heavy atom. The fourth-order valence-corrected chi connectivity index (χ4v) is 1.97. The maximum Gasteiger partial charge on any atom is 0.224 e. The van der Waals surface area contributed by atoms with Crippen LogP contribution < -0.4 is 10.6 Å². The van der Waals surface area contributed by atoms with Crippen molar-refractivity contribution in [1.82, 2.24) is 10.6 Å². The summed E-state index contributed by atoms with van der Waals surface area (Å²) in [7, 11) is 1.70. The van der Waals surface area contributed by atoms with Crippen molar-refractivity contribution in [2.75, 3.05) is 13.6 Å². The van der Waals surface area contributed by atoms with Crippen LogP contribution in [0.3, 0.4) is 0 Å². The first-order valence-corrected chi connectivity index (χ1v) is 5.14. The Bertz CT molecular complexity index is 252. The predicted octanol–water partition coefficient (Wildman–Crippen LogP) is 0.514. The lowest BCUT2D eigenvalue weighted by Gasteiger charge is -2.18. The molecule has 0 bridgehead atoms. The molecule has 1 rings (SSSR count). The average Bonchev–Trinajstić information content (AvgIpc) is 2.65. The second-order valence-corrected chi connectivity index (χ2v) is 3.57. The van der Waals surface area contributed by atoms with Gasteiger partial charge in [-0.1, -0.05) is 12.3 Å². The molecule has 2 unspecified atom stereocenters. The Balaban J connectivity index is 2.41. The Labute approximate surface area is 85.6 Å². The van der Waals surface area contributed by atoms with Gasteiger partial charge < -0.3 is 10.6 Å². The van der Waals surface area contributed by atoms with Gasteiger partial charge in [0.25, 0.3) is 0 Å². The second-order valence-electron chi connectivity index (χ2n) is 3.57. The molecule has 0 aromatic carbocycles. The number of nitrogens with one attached hydrogen (secondary N) is 2. The van der Waals surface area contributed by atoms with Gasteiger partial charge >= 0.3 is 0 Å². The molecule has 0 aliphatic heterocycles. The topological polar surface area (TPSA) is 41.1 Å². The van der Waals surface area contributed by atoms with Crippen LogP contribution in [0.25, 0.3) is 0 Å². The number of carbonyl (C=O) groups excluding carboxylic acids is 1. The SMILES string of the molecule is CC#CCNC1CCCC1C(=O)NC. The summed E-state index contributed by atoms with van der Waals surface area (Å²) < 4.78 is 0. The zero-order valence-electron chi connectivity index (χ0n) is 8.89. The van der Waals surface area contributed by atoms with E-state index in [2.05, 4.69) is 22.5 Å². The number of rotatable bonds is 3. The van der Waals surface area contributed by atoms with Crippen LogP contribution in [0.4, 0.5) is 0 Å². The highest BCUT2D eigenvalue weighted by molar-refractivity contribution is 5.79. The van der Waals surface area contributed by atoms with Crippen LogP contribution in [0, 0.1) is 17.8 Å². The Hall–Kier alpha value is -1.01. The summed E-state index contributed by atoms with van der Waals surface area (Å²) in [5.74, 6) is 6.09. The number of hydrogen-bond acceptors (Lipinski definition) is 2. The van der Waals surface area contributed by atoms with Crippen molar-refractivity contribution in [2.24, 2.45) is 5.92 Å². The number of carbonyl (C=O) groups is 1. The van der Waals surface area contributed by atoms with Crippen LogP contribution >= 0.6 is 0 Å². The van der Waals surface area contributed by atoms with Gasteiger partial charge in [-0.05, 0) is 19.8 Å². The summed E-state index contributed by atoms with van der Waals surface area (Å²) in [6, 6.07) is 0.316. The van der Waals surface area contributed by atoms with Gasteiger partial charge in [0, 0.05) is 13.1 Å². The standard InChI is InChI=1S/C11H18N2O/c1-3-4-8-13-10-7-5-6-9(10)11(14)12-2/h9-10,13H,5-8H2,1-2H3,(H,12,14). The van der Waals surface area contributed by atoms with Crippen LogP contribution in [0.2, 0.25) is 0 Å². The van der Waals surface area contributed by atoms with E-state index in [0.29, 0.717) is 12.6 Å². The average molecular weight is 194 g/mol. The molecule has 1 saturated carbocycles. The van der Waals surface area contributed by atoms with Gasteiger partial charge in [-0.15, -0.1) is 5.92 Å². The minimum atomic E-state index is 0.138. The van der Waals surface area contributed by atoms with Crippen molar-refractivity contribution >= 4 is 5.91 Å². The fourth-order valence-electron chi connectivity index (χ4n) is 1.97. The maximum absolute atomic E-state index is 11.5. The lowest BCUT2D eigenvalue weighted by molar-refractivity contribution is -0.124. The van der Waals surface area contributed by atoms with Crippen molar-refractivity contribution < 1.29 is 4.79 Å². The molecular formula is C11H18N2O. The zero-order chi connectivity index (χ0) is 10.4. The van der Waals surface area contributed by atoms with E-state index in [1.165, 1.54) is 0 Å². The van der Waals surface area contributed by atoms with E-state index in [-0.39, 0.29) is 11.8 Å². The molecule has 1 amide bonds. The van der Waals surface area contributed by atoms with Gasteiger partial charge in [0.05, 0.1) is 12.5 Å². The van der Waals surface area contributed by atoms with E-state index in [1.807, 2.05) is 6.92 Å². The summed E-state index contributed by atoms with van der Waals surface area (Å²) in [4.78, 5) is 11.5. The highest BCUT2D eigenvalue weighted by atomic mass is 16.1. The third-order valence-electron chi connectivity index (χ3n) is 2.73. The summed E-state index contributed by atoms with van der Waals surface area (Å²) >= 11 is 0. The maximum atomic E-state index is 11.5. The molecule has 2 atom stereocenters. The monoisotopic (exact) mass is 194 g/mol. The van der Waals surface area contributed by atoms with Gasteiger partial charge in [-0.2, -0.15) is 0 Å². The molecule has 1 aliphatic rings. The molecular weight excluding hydrogens is 176 g/mol. The van der Waals surface area contributed by atoms with Crippen LogP contribution in [-0.4, -0.2) is 25.5 Å². The zero-order valence-corrected chi connectivity index (χ0v) is 8.89. The van der Waals surface area contributed by atoms with E-state index in [0.717, 1.165) is 19.3 Å². The highest BCUT2D eigenvalue weighted by Crippen LogP contribution is 2.25. The molecule has 1 aliphatic carbocycles. The molecule has 3 nitrogen and oxygen atoms in total. The number of hydrogen-bond donors (Lipinski definition) is 2. The molecule has 0 aromatic rings. The smallest absolute Gasteiger partial charge is 0.224 e. The predicted molar refractivity (Wildman–Crippen MR) is 56.6 cm³/mol. The summed E-state index contributed by atoms with van der Waals surface area (Å²) in [6.45, 7) is 2.52. The Morgan fingerprint density at radius 3 is 2.93 bits per heavy atom. The van der Waals surface area contributed by atoms with Crippen LogP contribution in [-0.2, 0) is 4.79 Å². The van der Waals surface area contributed by atoms with E-state index >= 15 is 0 Å². The number of amides is 1. The van der Waals surface area contributed by atoms with Crippen LogP contribution in [0.5, 0.6) is 0 Å². The van der Waals surface area contributed by atoms with Crippen LogP contribution in [0.1, 0.15) is 26.2 Å². The Morgan fingerprint density at radius 1 is 1.50 bits per heavy atom. The molecule has 1 fully saturated rings. The quantitative estimate of drug-likeness (QED) is 0.643. The lowest BCUT2D eigenvalue weighted by Crippen LogP contribution is -2.40. The van der Waals surface area contributed by atoms with E-state index < -0.39 is 0 Å². The molecule has 0 saturated heterocycles. The molecule has 14 heavy (non-hydrogen) atoms. The van der Waals surface area contributed by atoms with Gasteiger partial charge in [-0.3, -0.25) is 4.79 Å². The normalized spacial score (nSPS) is 25.3. The molecule has 0 radical (unpaired) electrons. The molecule has 0 aromatic heterocycles. The first-order chi connectivity index (χ1) is 6.79. The molecule has 78 valence electrons. The first-order valence-electron chi connectivity index (χ1n) is 5.14. The van der Waals surface area contributed by atoms with Crippen molar-refractivity contribution in [3.05, 3.63) is 0 Å². The van der Waals surface area contributed by atoms with Gasteiger partial charge in [-0.25, -0.2) is 0 Å². The molecule has 3 heteroatoms. The molecule has 0 spiro atoms. The second kappa shape index (κ2) is 5.66. The third-order valence-corrected chi connectivity index (χ3v) is 2.73. The lowest BCUT2D eigenvalue weighted by atomic mass is 10.0. The van der Waals surface area contributed by atoms with Crippen LogP contribution in [0.15, 0.2) is 0 Å². The van der Waals surface area contributed by atoms with E-state index in [1.54, 1.807) is 7.05 Å². The summed E-state index contributed by atoms with van der Waals surface area (Å²) in [6.07, 6.45) is 3.22. The van der Waals surface area contributed by atoms with Crippen molar-refractivity contribution in [2.45, 2.75) is 32.2 Å². The highest BCUT2D eigenvalue weighted by Gasteiger charge is 2.31. The van der Waals surface area contributed by atoms with Gasteiger partial charge in [0.1, 0.15) is 0 Å². The van der Waals surface area contributed by atoms with Crippen molar-refractivity contribution in [1.29, 1.82) is 0 Å². The summed E-state index contributed by atoms with van der Waals surface area (Å²) in [5, 5.41) is 6.03. The molecule has 0 heterocycles. The minimum absolute atomic E-state index is 0.138. The van der Waals surface area contributed by atoms with Crippen molar-refractivity contribution in [3.8, 4) is 11.8 Å². The minimum Gasteiger partial charge on any atom is -0.359 e. The first kappa shape index (κ1) is 11.1. The summed E-state index contributed by atoms with van der Waals surface area (Å²) in [5.41, 5.74) is 0. The molecule has 2 N–H and O–H groups in total.